The molecule has 0 aliphatic rings. The van der Waals surface area contributed by atoms with Crippen molar-refractivity contribution in [2.24, 2.45) is 0 Å². The fraction of sp³-hybridized carbons (Fsp3) is 0.333. The van der Waals surface area contributed by atoms with Crippen molar-refractivity contribution in [3.05, 3.63) is 35.9 Å². The molecule has 2 nitrogen and oxygen atoms in total. The number of carbonyl (C=O) groups excluding carboxylic acids is 1. The zero-order valence-electron chi connectivity index (χ0n) is 9.23. The van der Waals surface area contributed by atoms with Crippen molar-refractivity contribution in [2.75, 3.05) is 14.1 Å². The van der Waals surface area contributed by atoms with Crippen LogP contribution in [0.15, 0.2) is 30.3 Å². The Morgan fingerprint density at radius 1 is 1.27 bits per heavy atom. The first-order valence-electron chi connectivity index (χ1n) is 4.80. The second-order valence-electron chi connectivity index (χ2n) is 3.69. The smallest absolute Gasteiger partial charge is 0.144 e. The molecule has 3 heteroatoms. The highest BCUT2D eigenvalue weighted by atomic mass is 32.1. The minimum absolute atomic E-state index is 0.0832. The number of thiocarbonyl (C=S) groups is 1. The SMILES string of the molecule is CC(=O)C(C(=S)N(C)C)c1ccccc1. The number of Topliss-reactive ketones (excluding diaryl/α,β-unsaturated/α-hetero) is 1. The van der Waals surface area contributed by atoms with Crippen LogP contribution < -0.4 is 0 Å². The van der Waals surface area contributed by atoms with Gasteiger partial charge in [0.15, 0.2) is 0 Å². The van der Waals surface area contributed by atoms with E-state index in [1.54, 1.807) is 6.92 Å². The highest BCUT2D eigenvalue weighted by molar-refractivity contribution is 7.80. The lowest BCUT2D eigenvalue weighted by atomic mass is 9.95. The molecule has 1 aromatic carbocycles. The molecular formula is C12H15NOS. The van der Waals surface area contributed by atoms with Gasteiger partial charge < -0.3 is 4.90 Å². The Hall–Kier alpha value is -1.22. The predicted molar refractivity (Wildman–Crippen MR) is 66.1 cm³/mol. The van der Waals surface area contributed by atoms with Gasteiger partial charge in [-0.25, -0.2) is 0 Å². The van der Waals surface area contributed by atoms with Crippen molar-refractivity contribution >= 4 is 23.0 Å². The second-order valence-corrected chi connectivity index (χ2v) is 4.11. The number of hydrogen-bond acceptors (Lipinski definition) is 2. The Kier molecular flexibility index (Phi) is 3.97. The van der Waals surface area contributed by atoms with Gasteiger partial charge >= 0.3 is 0 Å². The van der Waals surface area contributed by atoms with Gasteiger partial charge in [-0.1, -0.05) is 42.5 Å². The molecule has 15 heavy (non-hydrogen) atoms. The van der Waals surface area contributed by atoms with Crippen molar-refractivity contribution in [3.63, 3.8) is 0 Å². The fourth-order valence-electron chi connectivity index (χ4n) is 1.45. The Balaban J connectivity index is 3.05. The first-order valence-corrected chi connectivity index (χ1v) is 5.21. The van der Waals surface area contributed by atoms with Gasteiger partial charge in [-0.2, -0.15) is 0 Å². The summed E-state index contributed by atoms with van der Waals surface area (Å²) in [6.45, 7) is 1.58. The Labute approximate surface area is 95.9 Å². The molecule has 1 atom stereocenters. The van der Waals surface area contributed by atoms with Crippen LogP contribution in [0.25, 0.3) is 0 Å². The summed E-state index contributed by atoms with van der Waals surface area (Å²) in [5.41, 5.74) is 0.962. The summed E-state index contributed by atoms with van der Waals surface area (Å²) in [6, 6.07) is 9.64. The van der Waals surface area contributed by atoms with E-state index in [9.17, 15) is 4.79 Å². The molecule has 0 aromatic heterocycles. The Bertz CT molecular complexity index is 359. The van der Waals surface area contributed by atoms with Gasteiger partial charge in [0.05, 0.1) is 10.9 Å². The zero-order chi connectivity index (χ0) is 11.4. The third kappa shape index (κ3) is 2.86. The van der Waals surface area contributed by atoms with Gasteiger partial charge in [-0.05, 0) is 12.5 Å². The molecule has 0 aliphatic carbocycles. The predicted octanol–water partition coefficient (Wildman–Crippen LogP) is 2.25. The van der Waals surface area contributed by atoms with E-state index < -0.39 is 0 Å². The molecule has 0 bridgehead atoms. The largest absolute Gasteiger partial charge is 0.371 e. The molecule has 1 aromatic rings. The van der Waals surface area contributed by atoms with Crippen molar-refractivity contribution < 1.29 is 4.79 Å². The molecular weight excluding hydrogens is 206 g/mol. The molecule has 80 valence electrons. The Morgan fingerprint density at radius 3 is 2.20 bits per heavy atom. The van der Waals surface area contributed by atoms with Gasteiger partial charge in [0.2, 0.25) is 0 Å². The molecule has 0 saturated heterocycles. The maximum absolute atomic E-state index is 11.6. The average molecular weight is 221 g/mol. The summed E-state index contributed by atoms with van der Waals surface area (Å²) in [4.78, 5) is 14.1. The van der Waals surface area contributed by atoms with E-state index in [0.29, 0.717) is 4.99 Å². The van der Waals surface area contributed by atoms with Crippen LogP contribution in [0.1, 0.15) is 18.4 Å². The lowest BCUT2D eigenvalue weighted by Crippen LogP contribution is -2.30. The van der Waals surface area contributed by atoms with Crippen LogP contribution in [0, 0.1) is 0 Å². The molecule has 0 heterocycles. The number of rotatable bonds is 3. The molecule has 0 amide bonds. The van der Waals surface area contributed by atoms with Gasteiger partial charge in [-0.15, -0.1) is 0 Å². The number of benzene rings is 1. The standard InChI is InChI=1S/C12H15NOS/c1-9(14)11(12(15)13(2)3)10-7-5-4-6-8-10/h4-8,11H,1-3H3. The Morgan fingerprint density at radius 2 is 1.80 bits per heavy atom. The second kappa shape index (κ2) is 5.03. The lowest BCUT2D eigenvalue weighted by molar-refractivity contribution is -0.117. The number of nitrogens with zero attached hydrogens (tertiary/aromatic N) is 1. The summed E-state index contributed by atoms with van der Waals surface area (Å²) in [7, 11) is 3.72. The number of ketones is 1. The third-order valence-electron chi connectivity index (χ3n) is 2.23. The van der Waals surface area contributed by atoms with Gasteiger partial charge in [0, 0.05) is 14.1 Å². The summed E-state index contributed by atoms with van der Waals surface area (Å²) in [5, 5.41) is 0. The van der Waals surface area contributed by atoms with E-state index in [1.807, 2.05) is 49.3 Å². The minimum atomic E-state index is -0.295. The number of carbonyl (C=O) groups is 1. The fourth-order valence-corrected chi connectivity index (χ4v) is 1.76. The van der Waals surface area contributed by atoms with Crippen LogP contribution in [0.5, 0.6) is 0 Å². The first kappa shape index (κ1) is 11.9. The van der Waals surface area contributed by atoms with Gasteiger partial charge in [0.1, 0.15) is 5.78 Å². The monoisotopic (exact) mass is 221 g/mol. The minimum Gasteiger partial charge on any atom is -0.371 e. The van der Waals surface area contributed by atoms with E-state index in [1.165, 1.54) is 0 Å². The van der Waals surface area contributed by atoms with Crippen molar-refractivity contribution in [3.8, 4) is 0 Å². The molecule has 0 aliphatic heterocycles. The molecule has 0 radical (unpaired) electrons. The molecule has 0 fully saturated rings. The first-order chi connectivity index (χ1) is 7.04. The van der Waals surface area contributed by atoms with Crippen LogP contribution >= 0.6 is 12.2 Å². The van der Waals surface area contributed by atoms with E-state index >= 15 is 0 Å². The van der Waals surface area contributed by atoms with Crippen molar-refractivity contribution in [1.29, 1.82) is 0 Å². The van der Waals surface area contributed by atoms with Crippen LogP contribution in [-0.4, -0.2) is 29.8 Å². The lowest BCUT2D eigenvalue weighted by Gasteiger charge is -2.21. The van der Waals surface area contributed by atoms with Gasteiger partial charge in [0.25, 0.3) is 0 Å². The topological polar surface area (TPSA) is 20.3 Å². The molecule has 0 saturated carbocycles. The quantitative estimate of drug-likeness (QED) is 0.730. The van der Waals surface area contributed by atoms with Gasteiger partial charge in [-0.3, -0.25) is 4.79 Å². The average Bonchev–Trinajstić information content (AvgIpc) is 2.18. The number of likely N-dealkylation sites (N-methyl/N-ethyl adjacent to an activating group) is 1. The molecule has 0 spiro atoms. The molecule has 1 rings (SSSR count). The van der Waals surface area contributed by atoms with E-state index in [0.717, 1.165) is 5.56 Å². The van der Waals surface area contributed by atoms with Crippen LogP contribution in [-0.2, 0) is 4.79 Å². The molecule has 0 N–H and O–H groups in total. The van der Waals surface area contributed by atoms with Crippen LogP contribution in [0.2, 0.25) is 0 Å². The zero-order valence-corrected chi connectivity index (χ0v) is 10.0. The normalized spacial score (nSPS) is 11.9. The summed E-state index contributed by atoms with van der Waals surface area (Å²) < 4.78 is 0. The highest BCUT2D eigenvalue weighted by Gasteiger charge is 2.22. The third-order valence-corrected chi connectivity index (χ3v) is 2.83. The molecule has 1 unspecified atom stereocenters. The number of hydrogen-bond donors (Lipinski definition) is 0. The van der Waals surface area contributed by atoms with Crippen LogP contribution in [0.3, 0.4) is 0 Å². The van der Waals surface area contributed by atoms with E-state index in [4.69, 9.17) is 12.2 Å². The van der Waals surface area contributed by atoms with Crippen LogP contribution in [0.4, 0.5) is 0 Å². The van der Waals surface area contributed by atoms with Crippen molar-refractivity contribution in [1.82, 2.24) is 4.90 Å². The maximum Gasteiger partial charge on any atom is 0.144 e. The summed E-state index contributed by atoms with van der Waals surface area (Å²) in [6.07, 6.45) is 0. The summed E-state index contributed by atoms with van der Waals surface area (Å²) in [5.74, 6) is -0.212. The highest BCUT2D eigenvalue weighted by Crippen LogP contribution is 2.19. The summed E-state index contributed by atoms with van der Waals surface area (Å²) >= 11 is 5.26. The van der Waals surface area contributed by atoms with Crippen molar-refractivity contribution in [2.45, 2.75) is 12.8 Å². The van der Waals surface area contributed by atoms with E-state index in [2.05, 4.69) is 0 Å². The van der Waals surface area contributed by atoms with E-state index in [-0.39, 0.29) is 11.7 Å². The maximum atomic E-state index is 11.6.